The molecule has 0 saturated heterocycles. The number of carbonyl (C=O) groups is 2. The second-order valence-corrected chi connectivity index (χ2v) is 7.57. The Morgan fingerprint density at radius 2 is 1.31 bits per heavy atom. The Kier molecular flexibility index (Phi) is 5.89. The minimum atomic E-state index is -4.12. The van der Waals surface area contributed by atoms with E-state index in [-0.39, 0.29) is 16.1 Å². The standard InChI is InChI=1S/C20H16FN3O4S/c21-17-11-4-5-12-18(17)24-29(27,28)16-10-6-9-15(13-16)20(26)23-22-19(25)14-7-2-1-3-8-14/h1-13,24H,(H,22,25)(H,23,26). The van der Waals surface area contributed by atoms with Crippen LogP contribution in [0.2, 0.25) is 0 Å². The van der Waals surface area contributed by atoms with Crippen LogP contribution >= 0.6 is 0 Å². The van der Waals surface area contributed by atoms with Gasteiger partial charge in [0.05, 0.1) is 10.6 Å². The molecule has 2 amide bonds. The molecule has 3 rings (SSSR count). The SMILES string of the molecule is O=C(NNC(=O)c1cccc(S(=O)(=O)Nc2ccccc2F)c1)c1ccccc1. The first-order chi connectivity index (χ1) is 13.9. The fourth-order valence-corrected chi connectivity index (χ4v) is 3.51. The van der Waals surface area contributed by atoms with Crippen molar-refractivity contribution in [1.29, 1.82) is 0 Å². The molecule has 0 aliphatic heterocycles. The zero-order valence-corrected chi connectivity index (χ0v) is 15.7. The number of sulfonamides is 1. The molecule has 0 atom stereocenters. The zero-order chi connectivity index (χ0) is 20.9. The van der Waals surface area contributed by atoms with Gasteiger partial charge in [-0.1, -0.05) is 36.4 Å². The Hall–Kier alpha value is -3.72. The Labute approximate surface area is 166 Å². The fraction of sp³-hybridized carbons (Fsp3) is 0. The molecule has 0 saturated carbocycles. The first-order valence-electron chi connectivity index (χ1n) is 8.40. The summed E-state index contributed by atoms with van der Waals surface area (Å²) in [6, 6.07) is 18.7. The van der Waals surface area contributed by atoms with Crippen molar-refractivity contribution in [3.05, 3.63) is 95.8 Å². The molecular weight excluding hydrogens is 397 g/mol. The summed E-state index contributed by atoms with van der Waals surface area (Å²) in [6.45, 7) is 0. The predicted molar refractivity (Wildman–Crippen MR) is 105 cm³/mol. The van der Waals surface area contributed by atoms with Crippen molar-refractivity contribution in [3.63, 3.8) is 0 Å². The highest BCUT2D eigenvalue weighted by atomic mass is 32.2. The fourth-order valence-electron chi connectivity index (χ4n) is 2.40. The normalized spacial score (nSPS) is 10.8. The molecule has 0 unspecified atom stereocenters. The second-order valence-electron chi connectivity index (χ2n) is 5.89. The van der Waals surface area contributed by atoms with Crippen molar-refractivity contribution in [1.82, 2.24) is 10.9 Å². The molecule has 0 bridgehead atoms. The molecule has 0 aromatic heterocycles. The van der Waals surface area contributed by atoms with Crippen LogP contribution in [0.1, 0.15) is 20.7 Å². The van der Waals surface area contributed by atoms with Gasteiger partial charge in [0, 0.05) is 11.1 Å². The minimum Gasteiger partial charge on any atom is -0.277 e. The van der Waals surface area contributed by atoms with Crippen LogP contribution in [0, 0.1) is 5.82 Å². The lowest BCUT2D eigenvalue weighted by Crippen LogP contribution is -2.41. The maximum atomic E-state index is 13.7. The van der Waals surface area contributed by atoms with Gasteiger partial charge in [-0.05, 0) is 42.5 Å². The molecule has 0 heterocycles. The highest BCUT2D eigenvalue weighted by molar-refractivity contribution is 7.92. The van der Waals surface area contributed by atoms with Crippen LogP contribution in [0.4, 0.5) is 10.1 Å². The number of hydrazine groups is 1. The zero-order valence-electron chi connectivity index (χ0n) is 14.9. The predicted octanol–water partition coefficient (Wildman–Crippen LogP) is 2.70. The Balaban J connectivity index is 1.72. The average Bonchev–Trinajstić information content (AvgIpc) is 2.74. The quantitative estimate of drug-likeness (QED) is 0.560. The van der Waals surface area contributed by atoms with E-state index in [0.717, 1.165) is 12.1 Å². The molecule has 0 radical (unpaired) electrons. The molecule has 0 aliphatic carbocycles. The van der Waals surface area contributed by atoms with E-state index >= 15 is 0 Å². The van der Waals surface area contributed by atoms with E-state index in [4.69, 9.17) is 0 Å². The maximum absolute atomic E-state index is 13.7. The molecule has 3 N–H and O–H groups in total. The van der Waals surface area contributed by atoms with Crippen LogP contribution < -0.4 is 15.6 Å². The molecule has 0 aliphatic rings. The van der Waals surface area contributed by atoms with E-state index in [1.54, 1.807) is 30.3 Å². The van der Waals surface area contributed by atoms with Gasteiger partial charge in [0.25, 0.3) is 21.8 Å². The minimum absolute atomic E-state index is 0.00484. The maximum Gasteiger partial charge on any atom is 0.269 e. The molecule has 7 nitrogen and oxygen atoms in total. The summed E-state index contributed by atoms with van der Waals surface area (Å²) in [5.74, 6) is -1.96. The van der Waals surface area contributed by atoms with Crippen molar-refractivity contribution in [2.45, 2.75) is 4.90 Å². The molecule has 148 valence electrons. The largest absolute Gasteiger partial charge is 0.277 e. The van der Waals surface area contributed by atoms with Crippen molar-refractivity contribution < 1.29 is 22.4 Å². The third-order valence-electron chi connectivity index (χ3n) is 3.85. The smallest absolute Gasteiger partial charge is 0.269 e. The van der Waals surface area contributed by atoms with Crippen LogP contribution in [-0.4, -0.2) is 20.2 Å². The lowest BCUT2D eigenvalue weighted by Gasteiger charge is -2.11. The van der Waals surface area contributed by atoms with Crippen molar-refractivity contribution in [2.24, 2.45) is 0 Å². The summed E-state index contributed by atoms with van der Waals surface area (Å²) in [6.07, 6.45) is 0. The van der Waals surface area contributed by atoms with Gasteiger partial charge >= 0.3 is 0 Å². The average molecular weight is 413 g/mol. The topological polar surface area (TPSA) is 104 Å². The first-order valence-corrected chi connectivity index (χ1v) is 9.88. The number of rotatable bonds is 5. The number of para-hydroxylation sites is 1. The van der Waals surface area contributed by atoms with Gasteiger partial charge in [-0.3, -0.25) is 25.2 Å². The van der Waals surface area contributed by atoms with E-state index in [1.807, 2.05) is 0 Å². The summed E-state index contributed by atoms with van der Waals surface area (Å²) in [4.78, 5) is 24.0. The Morgan fingerprint density at radius 3 is 2.00 bits per heavy atom. The van der Waals surface area contributed by atoms with Crippen molar-refractivity contribution in [3.8, 4) is 0 Å². The monoisotopic (exact) mass is 413 g/mol. The number of halogens is 1. The number of hydrogen-bond acceptors (Lipinski definition) is 4. The van der Waals surface area contributed by atoms with E-state index in [1.165, 1.54) is 36.4 Å². The molecule has 0 fully saturated rings. The summed E-state index contributed by atoms with van der Waals surface area (Å²) >= 11 is 0. The van der Waals surface area contributed by atoms with E-state index in [2.05, 4.69) is 15.6 Å². The van der Waals surface area contributed by atoms with Crippen LogP contribution in [0.3, 0.4) is 0 Å². The molecule has 3 aromatic rings. The van der Waals surface area contributed by atoms with Gasteiger partial charge in [0.2, 0.25) is 0 Å². The van der Waals surface area contributed by atoms with Crippen LogP contribution in [0.5, 0.6) is 0 Å². The Bertz CT molecular complexity index is 1150. The Morgan fingerprint density at radius 1 is 0.724 bits per heavy atom. The van der Waals surface area contributed by atoms with Crippen LogP contribution in [0.25, 0.3) is 0 Å². The molecule has 0 spiro atoms. The van der Waals surface area contributed by atoms with Gasteiger partial charge in [-0.15, -0.1) is 0 Å². The van der Waals surface area contributed by atoms with E-state index in [0.29, 0.717) is 5.56 Å². The van der Waals surface area contributed by atoms with Crippen molar-refractivity contribution in [2.75, 3.05) is 4.72 Å². The number of carbonyl (C=O) groups excluding carboxylic acids is 2. The summed E-state index contributed by atoms with van der Waals surface area (Å²) in [5, 5.41) is 0. The highest BCUT2D eigenvalue weighted by Gasteiger charge is 2.18. The van der Waals surface area contributed by atoms with E-state index < -0.39 is 27.7 Å². The van der Waals surface area contributed by atoms with Crippen LogP contribution in [-0.2, 0) is 10.0 Å². The molecule has 9 heteroatoms. The molecule has 29 heavy (non-hydrogen) atoms. The molecular formula is C20H16FN3O4S. The number of hydrogen-bond donors (Lipinski definition) is 3. The molecule has 3 aromatic carbocycles. The van der Waals surface area contributed by atoms with Gasteiger partial charge in [0.1, 0.15) is 5.82 Å². The van der Waals surface area contributed by atoms with Gasteiger partial charge in [0.15, 0.2) is 0 Å². The lowest BCUT2D eigenvalue weighted by molar-refractivity contribution is 0.0846. The number of benzene rings is 3. The summed E-state index contributed by atoms with van der Waals surface area (Å²) < 4.78 is 40.9. The summed E-state index contributed by atoms with van der Waals surface area (Å²) in [7, 11) is -4.12. The highest BCUT2D eigenvalue weighted by Crippen LogP contribution is 2.19. The first kappa shape index (κ1) is 20.0. The van der Waals surface area contributed by atoms with Crippen LogP contribution in [0.15, 0.2) is 83.8 Å². The number of amides is 2. The lowest BCUT2D eigenvalue weighted by atomic mass is 10.2. The van der Waals surface area contributed by atoms with Gasteiger partial charge in [-0.2, -0.15) is 0 Å². The number of nitrogens with one attached hydrogen (secondary N) is 3. The third kappa shape index (κ3) is 4.96. The second kappa shape index (κ2) is 8.53. The summed E-state index contributed by atoms with van der Waals surface area (Å²) in [5.41, 5.74) is 4.60. The van der Waals surface area contributed by atoms with Gasteiger partial charge < -0.3 is 0 Å². The van der Waals surface area contributed by atoms with Gasteiger partial charge in [-0.25, -0.2) is 12.8 Å². The number of anilines is 1. The van der Waals surface area contributed by atoms with Crippen molar-refractivity contribution >= 4 is 27.5 Å². The third-order valence-corrected chi connectivity index (χ3v) is 5.21. The van der Waals surface area contributed by atoms with E-state index in [9.17, 15) is 22.4 Å².